The van der Waals surface area contributed by atoms with Gasteiger partial charge in [0.05, 0.1) is 5.75 Å². The molecule has 0 aliphatic carbocycles. The Bertz CT molecular complexity index is 1110. The predicted molar refractivity (Wildman–Crippen MR) is 149 cm³/mol. The van der Waals surface area contributed by atoms with Gasteiger partial charge in [-0.15, -0.1) is 11.8 Å². The number of hydrogen-bond donors (Lipinski definition) is 1. The number of rotatable bonds is 12. The van der Waals surface area contributed by atoms with Crippen molar-refractivity contribution in [3.63, 3.8) is 0 Å². The summed E-state index contributed by atoms with van der Waals surface area (Å²) >= 11 is 4.92. The van der Waals surface area contributed by atoms with Gasteiger partial charge in [0.2, 0.25) is 11.8 Å². The quantitative estimate of drug-likeness (QED) is 0.275. The van der Waals surface area contributed by atoms with Crippen LogP contribution in [-0.2, 0) is 28.3 Å². The Labute approximate surface area is 225 Å². The molecule has 0 radical (unpaired) electrons. The summed E-state index contributed by atoms with van der Waals surface area (Å²) in [5.74, 6) is 0.264. The van der Waals surface area contributed by atoms with Gasteiger partial charge in [0, 0.05) is 29.2 Å². The number of nitrogens with one attached hydrogen (secondary N) is 1. The third-order valence-electron chi connectivity index (χ3n) is 5.95. The van der Waals surface area contributed by atoms with Crippen LogP contribution in [0.3, 0.4) is 0 Å². The number of amides is 2. The number of carbonyl (C=O) groups is 2. The minimum absolute atomic E-state index is 0.00765. The summed E-state index contributed by atoms with van der Waals surface area (Å²) in [6, 6.07) is 23.2. The molecule has 0 aromatic heterocycles. The third kappa shape index (κ3) is 8.79. The first kappa shape index (κ1) is 27.9. The van der Waals surface area contributed by atoms with Gasteiger partial charge in [-0.3, -0.25) is 9.59 Å². The lowest BCUT2D eigenvalue weighted by Gasteiger charge is -2.32. The van der Waals surface area contributed by atoms with Crippen molar-refractivity contribution in [2.75, 3.05) is 5.75 Å². The van der Waals surface area contributed by atoms with Crippen molar-refractivity contribution in [1.29, 1.82) is 0 Å². The minimum Gasteiger partial charge on any atom is -0.352 e. The van der Waals surface area contributed by atoms with Crippen molar-refractivity contribution < 1.29 is 14.0 Å². The van der Waals surface area contributed by atoms with Crippen LogP contribution in [0, 0.1) is 5.82 Å². The van der Waals surface area contributed by atoms with E-state index >= 15 is 0 Å². The summed E-state index contributed by atoms with van der Waals surface area (Å²) in [6.07, 6.45) is 1.23. The second kappa shape index (κ2) is 14.2. The minimum atomic E-state index is -0.649. The number of carbonyl (C=O) groups excluding carboxylic acids is 2. The fourth-order valence-corrected chi connectivity index (χ4v) is 4.84. The second-order valence-corrected chi connectivity index (χ2v) is 10.7. The molecule has 2 atom stereocenters. The van der Waals surface area contributed by atoms with Crippen molar-refractivity contribution in [3.05, 3.63) is 106 Å². The van der Waals surface area contributed by atoms with E-state index in [0.717, 1.165) is 27.6 Å². The van der Waals surface area contributed by atoms with Crippen LogP contribution in [0.2, 0.25) is 0 Å². The SMILES string of the molecule is CC[C@@H](C)NC(=O)[C@H](Cc1ccccc1)N(Cc1ccc(Br)cc1)C(=O)CSCc1ccc(F)cc1. The lowest BCUT2D eigenvalue weighted by molar-refractivity contribution is -0.139. The average molecular weight is 572 g/mol. The maximum atomic E-state index is 13.6. The molecule has 0 saturated carbocycles. The predicted octanol–water partition coefficient (Wildman–Crippen LogP) is 6.38. The fraction of sp³-hybridized carbons (Fsp3) is 0.310. The van der Waals surface area contributed by atoms with E-state index in [-0.39, 0.29) is 29.4 Å². The number of nitrogens with zero attached hydrogens (tertiary/aromatic N) is 1. The van der Waals surface area contributed by atoms with Gasteiger partial charge >= 0.3 is 0 Å². The van der Waals surface area contributed by atoms with Crippen molar-refractivity contribution >= 4 is 39.5 Å². The highest BCUT2D eigenvalue weighted by atomic mass is 79.9. The van der Waals surface area contributed by atoms with Crippen molar-refractivity contribution in [2.24, 2.45) is 0 Å². The van der Waals surface area contributed by atoms with Gasteiger partial charge in [0.25, 0.3) is 0 Å². The molecule has 1 N–H and O–H groups in total. The van der Waals surface area contributed by atoms with E-state index in [1.54, 1.807) is 17.0 Å². The molecular formula is C29H32BrFN2O2S. The van der Waals surface area contributed by atoms with Crippen LogP contribution in [0.1, 0.15) is 37.0 Å². The first-order valence-electron chi connectivity index (χ1n) is 12.1. The zero-order valence-corrected chi connectivity index (χ0v) is 23.0. The van der Waals surface area contributed by atoms with E-state index in [4.69, 9.17) is 0 Å². The first-order chi connectivity index (χ1) is 17.4. The maximum absolute atomic E-state index is 13.6. The Morgan fingerprint density at radius 1 is 0.944 bits per heavy atom. The second-order valence-electron chi connectivity index (χ2n) is 8.79. The highest BCUT2D eigenvalue weighted by molar-refractivity contribution is 9.10. The summed E-state index contributed by atoms with van der Waals surface area (Å²) < 4.78 is 14.2. The fourth-order valence-electron chi connectivity index (χ4n) is 3.70. The van der Waals surface area contributed by atoms with Gasteiger partial charge < -0.3 is 10.2 Å². The largest absolute Gasteiger partial charge is 0.352 e. The molecule has 3 aromatic carbocycles. The molecule has 0 bridgehead atoms. The van der Waals surface area contributed by atoms with Crippen LogP contribution < -0.4 is 5.32 Å². The highest BCUT2D eigenvalue weighted by Gasteiger charge is 2.30. The summed E-state index contributed by atoms with van der Waals surface area (Å²) in [6.45, 7) is 4.32. The molecule has 0 spiro atoms. The van der Waals surface area contributed by atoms with Crippen LogP contribution in [-0.4, -0.2) is 34.6 Å². The smallest absolute Gasteiger partial charge is 0.243 e. The number of benzene rings is 3. The molecule has 0 aliphatic rings. The maximum Gasteiger partial charge on any atom is 0.243 e. The van der Waals surface area contributed by atoms with Crippen LogP contribution in [0.15, 0.2) is 83.3 Å². The van der Waals surface area contributed by atoms with Gasteiger partial charge in [-0.1, -0.05) is 77.5 Å². The van der Waals surface area contributed by atoms with Crippen molar-refractivity contribution in [1.82, 2.24) is 10.2 Å². The van der Waals surface area contributed by atoms with E-state index in [9.17, 15) is 14.0 Å². The summed E-state index contributed by atoms with van der Waals surface area (Å²) in [4.78, 5) is 28.8. The van der Waals surface area contributed by atoms with Crippen LogP contribution >= 0.6 is 27.7 Å². The zero-order valence-electron chi connectivity index (χ0n) is 20.6. The Hall–Kier alpha value is -2.64. The molecule has 3 aromatic rings. The van der Waals surface area contributed by atoms with Crippen molar-refractivity contribution in [3.8, 4) is 0 Å². The lowest BCUT2D eigenvalue weighted by atomic mass is 10.0. The summed E-state index contributed by atoms with van der Waals surface area (Å²) in [5, 5.41) is 3.08. The molecule has 0 fully saturated rings. The summed E-state index contributed by atoms with van der Waals surface area (Å²) in [7, 11) is 0. The molecule has 4 nitrogen and oxygen atoms in total. The van der Waals surface area contributed by atoms with Gasteiger partial charge in [0.15, 0.2) is 0 Å². The molecule has 0 unspecified atom stereocenters. The number of hydrogen-bond acceptors (Lipinski definition) is 3. The molecule has 0 saturated heterocycles. The van der Waals surface area contributed by atoms with Gasteiger partial charge in [-0.25, -0.2) is 4.39 Å². The van der Waals surface area contributed by atoms with Gasteiger partial charge in [-0.2, -0.15) is 0 Å². The Kier molecular flexibility index (Phi) is 11.0. The van der Waals surface area contributed by atoms with Gasteiger partial charge in [0.1, 0.15) is 11.9 Å². The van der Waals surface area contributed by atoms with Crippen molar-refractivity contribution in [2.45, 2.75) is 51.1 Å². The first-order valence-corrected chi connectivity index (χ1v) is 14.0. The number of thioether (sulfide) groups is 1. The standard InChI is InChI=1S/C29H32BrFN2O2S/c1-3-21(2)32-29(35)27(17-22-7-5-4-6-8-22)33(18-23-9-13-25(30)14-10-23)28(34)20-36-19-24-11-15-26(31)16-12-24/h4-16,21,27H,3,17-20H2,1-2H3,(H,32,35)/t21-,27+/m1/s1. The van der Waals surface area contributed by atoms with Crippen LogP contribution in [0.25, 0.3) is 0 Å². The lowest BCUT2D eigenvalue weighted by Crippen LogP contribution is -2.52. The molecule has 0 heterocycles. The zero-order chi connectivity index (χ0) is 25.9. The Morgan fingerprint density at radius 3 is 2.22 bits per heavy atom. The number of halogens is 2. The highest BCUT2D eigenvalue weighted by Crippen LogP contribution is 2.20. The average Bonchev–Trinajstić information content (AvgIpc) is 2.88. The molecule has 36 heavy (non-hydrogen) atoms. The van der Waals surface area contributed by atoms with E-state index in [1.807, 2.05) is 68.4 Å². The molecule has 190 valence electrons. The Morgan fingerprint density at radius 2 is 1.58 bits per heavy atom. The van der Waals surface area contributed by atoms with E-state index < -0.39 is 6.04 Å². The summed E-state index contributed by atoms with van der Waals surface area (Å²) in [5.41, 5.74) is 2.89. The van der Waals surface area contributed by atoms with E-state index in [2.05, 4.69) is 21.2 Å². The third-order valence-corrected chi connectivity index (χ3v) is 7.46. The monoisotopic (exact) mass is 570 g/mol. The molecule has 3 rings (SSSR count). The van der Waals surface area contributed by atoms with Crippen LogP contribution in [0.5, 0.6) is 0 Å². The molecule has 0 aliphatic heterocycles. The van der Waals surface area contributed by atoms with Gasteiger partial charge in [-0.05, 0) is 54.3 Å². The van der Waals surface area contributed by atoms with E-state index in [0.29, 0.717) is 18.7 Å². The Balaban J connectivity index is 1.84. The normalized spacial score (nSPS) is 12.6. The molecular weight excluding hydrogens is 539 g/mol. The van der Waals surface area contributed by atoms with Crippen LogP contribution in [0.4, 0.5) is 4.39 Å². The topological polar surface area (TPSA) is 49.4 Å². The molecule has 7 heteroatoms. The van der Waals surface area contributed by atoms with E-state index in [1.165, 1.54) is 23.9 Å². The molecule has 2 amide bonds.